The van der Waals surface area contributed by atoms with Gasteiger partial charge in [-0.3, -0.25) is 4.90 Å². The maximum absolute atomic E-state index is 4.94. The first-order valence-corrected chi connectivity index (χ1v) is 10.0. The van der Waals surface area contributed by atoms with Crippen molar-refractivity contribution in [2.45, 2.75) is 26.6 Å². The van der Waals surface area contributed by atoms with E-state index in [1.54, 1.807) is 6.26 Å². The summed E-state index contributed by atoms with van der Waals surface area (Å²) in [6.07, 6.45) is 1.63. The van der Waals surface area contributed by atoms with Crippen LogP contribution in [-0.4, -0.2) is 72.6 Å². The topological polar surface area (TPSA) is 60.1 Å². The van der Waals surface area contributed by atoms with Gasteiger partial charge in [0.25, 0.3) is 0 Å². The van der Waals surface area contributed by atoms with E-state index in [1.807, 2.05) is 6.07 Å². The zero-order valence-electron chi connectivity index (χ0n) is 17.3. The first-order valence-electron chi connectivity index (χ1n) is 10.0. The van der Waals surface area contributed by atoms with Crippen molar-refractivity contribution in [1.29, 1.82) is 0 Å². The van der Waals surface area contributed by atoms with E-state index in [-0.39, 0.29) is 0 Å². The number of aromatic nitrogens is 1. The van der Waals surface area contributed by atoms with Crippen LogP contribution in [0.5, 0.6) is 0 Å². The summed E-state index contributed by atoms with van der Waals surface area (Å²) < 4.78 is 4.94. The number of piperazine rings is 1. The van der Waals surface area contributed by atoms with Crippen molar-refractivity contribution in [3.8, 4) is 0 Å². The monoisotopic (exact) mass is 384 g/mol. The summed E-state index contributed by atoms with van der Waals surface area (Å²) in [5.74, 6) is 1.00. The number of hydrogen-bond acceptors (Lipinski definition) is 5. The van der Waals surface area contributed by atoms with Crippen LogP contribution >= 0.6 is 0 Å². The summed E-state index contributed by atoms with van der Waals surface area (Å²) in [5, 5.41) is 7.48. The predicted molar refractivity (Wildman–Crippen MR) is 112 cm³/mol. The molecule has 0 aliphatic carbocycles. The Morgan fingerprint density at radius 1 is 1.14 bits per heavy atom. The summed E-state index contributed by atoms with van der Waals surface area (Å²) in [5.41, 5.74) is 3.62. The van der Waals surface area contributed by atoms with Gasteiger partial charge in [0.15, 0.2) is 5.96 Å². The Hall–Kier alpha value is -2.38. The maximum Gasteiger partial charge on any atom is 0.194 e. The highest BCUT2D eigenvalue weighted by Gasteiger charge is 2.20. The molecule has 0 amide bonds. The highest BCUT2D eigenvalue weighted by atomic mass is 16.5. The van der Waals surface area contributed by atoms with Crippen LogP contribution in [0, 0.1) is 0 Å². The molecule has 0 radical (unpaired) electrons. The first-order chi connectivity index (χ1) is 13.7. The summed E-state index contributed by atoms with van der Waals surface area (Å²) in [4.78, 5) is 11.9. The van der Waals surface area contributed by atoms with Gasteiger partial charge in [0.1, 0.15) is 6.26 Å². The van der Waals surface area contributed by atoms with E-state index in [1.165, 1.54) is 11.1 Å². The molecule has 0 spiro atoms. The Bertz CT molecular complexity index is 735. The Balaban J connectivity index is 1.60. The van der Waals surface area contributed by atoms with Crippen molar-refractivity contribution in [1.82, 2.24) is 25.2 Å². The molecule has 1 fully saturated rings. The number of guanidine groups is 1. The summed E-state index contributed by atoms with van der Waals surface area (Å²) in [7, 11) is 4.20. The van der Waals surface area contributed by atoms with E-state index in [0.29, 0.717) is 6.54 Å². The Kier molecular flexibility index (Phi) is 7.45. The average molecular weight is 385 g/mol. The van der Waals surface area contributed by atoms with Gasteiger partial charge in [0.05, 0.1) is 12.2 Å². The zero-order valence-corrected chi connectivity index (χ0v) is 17.3. The summed E-state index contributed by atoms with van der Waals surface area (Å²) >= 11 is 0. The normalized spacial score (nSPS) is 16.0. The molecule has 1 N–H and O–H groups in total. The molecule has 2 heterocycles. The molecule has 0 atom stereocenters. The maximum atomic E-state index is 4.94. The molecule has 1 aliphatic rings. The average Bonchev–Trinajstić information content (AvgIpc) is 3.19. The van der Waals surface area contributed by atoms with Crippen LogP contribution in [0.15, 0.2) is 46.1 Å². The number of rotatable bonds is 7. The largest absolute Gasteiger partial charge is 0.364 e. The lowest BCUT2D eigenvalue weighted by Gasteiger charge is -2.36. The molecule has 0 bridgehead atoms. The van der Waals surface area contributed by atoms with Crippen LogP contribution in [0.3, 0.4) is 0 Å². The summed E-state index contributed by atoms with van der Waals surface area (Å²) in [6, 6.07) is 10.5. The van der Waals surface area contributed by atoms with Gasteiger partial charge < -0.3 is 19.6 Å². The highest BCUT2D eigenvalue weighted by molar-refractivity contribution is 5.80. The van der Waals surface area contributed by atoms with Gasteiger partial charge in [-0.05, 0) is 32.1 Å². The van der Waals surface area contributed by atoms with Gasteiger partial charge in [-0.1, -0.05) is 29.4 Å². The molecule has 7 heteroatoms. The Labute approximate surface area is 168 Å². The molecule has 1 saturated heterocycles. The quantitative estimate of drug-likeness (QED) is 0.582. The van der Waals surface area contributed by atoms with Crippen LogP contribution in [0.4, 0.5) is 0 Å². The van der Waals surface area contributed by atoms with Crippen molar-refractivity contribution in [3.63, 3.8) is 0 Å². The molecular formula is C21H32N6O. The lowest BCUT2D eigenvalue weighted by atomic mass is 10.1. The van der Waals surface area contributed by atoms with Crippen molar-refractivity contribution in [2.75, 3.05) is 46.8 Å². The highest BCUT2D eigenvalue weighted by Crippen LogP contribution is 2.13. The molecule has 0 saturated carbocycles. The van der Waals surface area contributed by atoms with E-state index >= 15 is 0 Å². The molecule has 0 unspecified atom stereocenters. The fourth-order valence-corrected chi connectivity index (χ4v) is 3.46. The van der Waals surface area contributed by atoms with E-state index in [9.17, 15) is 0 Å². The van der Waals surface area contributed by atoms with Crippen molar-refractivity contribution in [2.24, 2.45) is 4.99 Å². The minimum atomic E-state index is 0.700. The second-order valence-electron chi connectivity index (χ2n) is 7.43. The third-order valence-corrected chi connectivity index (χ3v) is 4.89. The third kappa shape index (κ3) is 5.81. The minimum Gasteiger partial charge on any atom is -0.364 e. The molecule has 1 aromatic heterocycles. The first kappa shape index (κ1) is 20.4. The number of aliphatic imine (C=N–C) groups is 1. The standard InChI is InChI=1S/C21H32N6O/c1-4-22-21(23-15-18-7-5-6-8-19(18)16-25(2)3)27-12-10-26(11-13-27)17-20-9-14-28-24-20/h5-9,14H,4,10-13,15-17H2,1-3H3,(H,22,23). The molecule has 1 aromatic carbocycles. The molecule has 1 aliphatic heterocycles. The van der Waals surface area contributed by atoms with E-state index < -0.39 is 0 Å². The minimum absolute atomic E-state index is 0.700. The second kappa shape index (κ2) is 10.2. The smallest absolute Gasteiger partial charge is 0.194 e. The number of nitrogens with zero attached hydrogens (tertiary/aromatic N) is 5. The van der Waals surface area contributed by atoms with Crippen LogP contribution in [0.1, 0.15) is 23.7 Å². The lowest BCUT2D eigenvalue weighted by molar-refractivity contribution is 0.169. The molecule has 3 rings (SSSR count). The summed E-state index contributed by atoms with van der Waals surface area (Å²) in [6.45, 7) is 9.38. The van der Waals surface area contributed by atoms with Crippen LogP contribution in [0.2, 0.25) is 0 Å². The molecule has 7 nitrogen and oxygen atoms in total. The third-order valence-electron chi connectivity index (χ3n) is 4.89. The van der Waals surface area contributed by atoms with E-state index in [0.717, 1.165) is 57.5 Å². The molecule has 28 heavy (non-hydrogen) atoms. The van der Waals surface area contributed by atoms with Gasteiger partial charge in [0, 0.05) is 51.9 Å². The molecule has 2 aromatic rings. The molecular weight excluding hydrogens is 352 g/mol. The Morgan fingerprint density at radius 3 is 2.54 bits per heavy atom. The van der Waals surface area contributed by atoms with Crippen LogP contribution < -0.4 is 5.32 Å². The van der Waals surface area contributed by atoms with Crippen molar-refractivity contribution >= 4 is 5.96 Å². The van der Waals surface area contributed by atoms with Gasteiger partial charge in [-0.2, -0.15) is 0 Å². The number of benzene rings is 1. The van der Waals surface area contributed by atoms with E-state index in [4.69, 9.17) is 9.52 Å². The SMILES string of the molecule is CCNC(=NCc1ccccc1CN(C)C)N1CCN(Cc2ccon2)CC1. The lowest BCUT2D eigenvalue weighted by Crippen LogP contribution is -2.52. The van der Waals surface area contributed by atoms with Gasteiger partial charge in [-0.15, -0.1) is 0 Å². The Morgan fingerprint density at radius 2 is 1.89 bits per heavy atom. The van der Waals surface area contributed by atoms with Gasteiger partial charge in [-0.25, -0.2) is 4.99 Å². The van der Waals surface area contributed by atoms with Crippen molar-refractivity contribution in [3.05, 3.63) is 53.4 Å². The number of hydrogen-bond donors (Lipinski definition) is 1. The number of nitrogens with one attached hydrogen (secondary N) is 1. The fourth-order valence-electron chi connectivity index (χ4n) is 3.46. The van der Waals surface area contributed by atoms with E-state index in [2.05, 4.69) is 70.5 Å². The fraction of sp³-hybridized carbons (Fsp3) is 0.524. The van der Waals surface area contributed by atoms with Crippen molar-refractivity contribution < 1.29 is 4.52 Å². The van der Waals surface area contributed by atoms with Gasteiger partial charge >= 0.3 is 0 Å². The second-order valence-corrected chi connectivity index (χ2v) is 7.43. The van der Waals surface area contributed by atoms with Crippen LogP contribution in [-0.2, 0) is 19.6 Å². The zero-order chi connectivity index (χ0) is 19.8. The predicted octanol–water partition coefficient (Wildman–Crippen LogP) is 2.02. The van der Waals surface area contributed by atoms with Crippen LogP contribution in [0.25, 0.3) is 0 Å². The molecule has 152 valence electrons. The van der Waals surface area contributed by atoms with Gasteiger partial charge in [0.2, 0.25) is 0 Å².